The number of sulfonamides is 1. The van der Waals surface area contributed by atoms with Crippen LogP contribution in [0.4, 0.5) is 5.69 Å². The lowest BCUT2D eigenvalue weighted by Crippen LogP contribution is -2.30. The summed E-state index contributed by atoms with van der Waals surface area (Å²) in [6, 6.07) is 10.6. The van der Waals surface area contributed by atoms with Crippen LogP contribution in [0.2, 0.25) is 5.02 Å². The van der Waals surface area contributed by atoms with Crippen molar-refractivity contribution in [3.8, 4) is 11.5 Å². The molecule has 1 amide bonds. The van der Waals surface area contributed by atoms with Crippen molar-refractivity contribution < 1.29 is 22.7 Å². The minimum Gasteiger partial charge on any atom is -0.495 e. The molecule has 0 radical (unpaired) electrons. The van der Waals surface area contributed by atoms with Crippen LogP contribution in [0, 0.1) is 0 Å². The molecule has 2 rings (SSSR count). The van der Waals surface area contributed by atoms with Gasteiger partial charge in [-0.15, -0.1) is 0 Å². The fourth-order valence-electron chi connectivity index (χ4n) is 1.98. The number of benzene rings is 2. The van der Waals surface area contributed by atoms with Crippen molar-refractivity contribution in [2.45, 2.75) is 17.9 Å². The van der Waals surface area contributed by atoms with Gasteiger partial charge in [0.1, 0.15) is 11.5 Å². The number of primary sulfonamides is 1. The van der Waals surface area contributed by atoms with Crippen molar-refractivity contribution in [3.63, 3.8) is 0 Å². The molecule has 0 spiro atoms. The van der Waals surface area contributed by atoms with Crippen LogP contribution in [-0.4, -0.2) is 27.5 Å². The number of para-hydroxylation sites is 1. The van der Waals surface area contributed by atoms with Gasteiger partial charge in [0.2, 0.25) is 10.0 Å². The zero-order chi connectivity index (χ0) is 18.6. The molecule has 1 unspecified atom stereocenters. The Morgan fingerprint density at radius 2 is 1.88 bits per heavy atom. The van der Waals surface area contributed by atoms with E-state index in [1.165, 1.54) is 32.2 Å². The molecule has 2 aromatic rings. The second kappa shape index (κ2) is 7.73. The predicted octanol–water partition coefficient (Wildman–Crippen LogP) is 2.40. The van der Waals surface area contributed by atoms with Crippen molar-refractivity contribution in [3.05, 3.63) is 47.5 Å². The molecule has 2 aromatic carbocycles. The first kappa shape index (κ1) is 19.0. The van der Waals surface area contributed by atoms with Gasteiger partial charge in [-0.25, -0.2) is 13.6 Å². The summed E-state index contributed by atoms with van der Waals surface area (Å²) in [7, 11) is -2.52. The molecule has 0 bridgehead atoms. The van der Waals surface area contributed by atoms with Gasteiger partial charge in [-0.1, -0.05) is 23.7 Å². The summed E-state index contributed by atoms with van der Waals surface area (Å²) >= 11 is 5.99. The van der Waals surface area contributed by atoms with Crippen LogP contribution < -0.4 is 19.9 Å². The van der Waals surface area contributed by atoms with Crippen molar-refractivity contribution >= 4 is 33.2 Å². The summed E-state index contributed by atoms with van der Waals surface area (Å²) in [4.78, 5) is 12.2. The highest BCUT2D eigenvalue weighted by Crippen LogP contribution is 2.28. The molecular formula is C16H17ClN2O5S. The normalized spacial score (nSPS) is 12.3. The number of rotatable bonds is 6. The van der Waals surface area contributed by atoms with Gasteiger partial charge in [0, 0.05) is 0 Å². The van der Waals surface area contributed by atoms with Crippen LogP contribution in [0.3, 0.4) is 0 Å². The van der Waals surface area contributed by atoms with Crippen molar-refractivity contribution in [2.75, 3.05) is 12.4 Å². The molecule has 0 aliphatic rings. The SMILES string of the molecule is COc1ccc(S(N)(=O)=O)cc1NC(=O)C(C)Oc1ccccc1Cl. The number of ether oxygens (including phenoxy) is 2. The first-order chi connectivity index (χ1) is 11.7. The number of halogens is 1. The van der Waals surface area contributed by atoms with E-state index in [4.69, 9.17) is 26.2 Å². The molecule has 7 nitrogen and oxygen atoms in total. The lowest BCUT2D eigenvalue weighted by Gasteiger charge is -2.17. The standard InChI is InChI=1S/C16H17ClN2O5S/c1-10(24-14-6-4-3-5-12(14)17)16(20)19-13-9-11(25(18,21)22)7-8-15(13)23-2/h3-10H,1-2H3,(H,19,20)(H2,18,21,22). The summed E-state index contributed by atoms with van der Waals surface area (Å²) in [5.41, 5.74) is 0.161. The third-order valence-electron chi connectivity index (χ3n) is 3.27. The Labute approximate surface area is 150 Å². The maximum absolute atomic E-state index is 12.3. The Hall–Kier alpha value is -2.29. The average Bonchev–Trinajstić information content (AvgIpc) is 2.56. The van der Waals surface area contributed by atoms with Gasteiger partial charge in [-0.05, 0) is 37.3 Å². The number of amides is 1. The lowest BCUT2D eigenvalue weighted by atomic mass is 10.2. The number of nitrogens with two attached hydrogens (primary N) is 1. The van der Waals surface area contributed by atoms with E-state index in [2.05, 4.69) is 5.32 Å². The van der Waals surface area contributed by atoms with E-state index in [-0.39, 0.29) is 16.3 Å². The minimum atomic E-state index is -3.92. The van der Waals surface area contributed by atoms with E-state index in [9.17, 15) is 13.2 Å². The van der Waals surface area contributed by atoms with E-state index in [1.54, 1.807) is 24.3 Å². The topological polar surface area (TPSA) is 108 Å². The summed E-state index contributed by atoms with van der Waals surface area (Å²) < 4.78 is 33.6. The van der Waals surface area contributed by atoms with Crippen LogP contribution >= 0.6 is 11.6 Å². The number of nitrogens with one attached hydrogen (secondary N) is 1. The van der Waals surface area contributed by atoms with E-state index >= 15 is 0 Å². The van der Waals surface area contributed by atoms with E-state index in [0.29, 0.717) is 10.8 Å². The predicted molar refractivity (Wildman–Crippen MR) is 94.5 cm³/mol. The van der Waals surface area contributed by atoms with E-state index in [1.807, 2.05) is 0 Å². The Bertz CT molecular complexity index is 886. The second-order valence-electron chi connectivity index (χ2n) is 5.09. The number of carbonyl (C=O) groups is 1. The minimum absolute atomic E-state index is 0.150. The van der Waals surface area contributed by atoms with Gasteiger partial charge in [0.05, 0.1) is 22.7 Å². The summed E-state index contributed by atoms with van der Waals surface area (Å²) in [6.45, 7) is 1.54. The number of methoxy groups -OCH3 is 1. The molecule has 3 N–H and O–H groups in total. The summed E-state index contributed by atoms with van der Waals surface area (Å²) in [5.74, 6) is 0.132. The average molecular weight is 385 g/mol. The molecule has 0 saturated carbocycles. The molecule has 25 heavy (non-hydrogen) atoms. The largest absolute Gasteiger partial charge is 0.495 e. The second-order valence-corrected chi connectivity index (χ2v) is 7.06. The molecular weight excluding hydrogens is 368 g/mol. The Morgan fingerprint density at radius 1 is 1.20 bits per heavy atom. The number of hydrogen-bond donors (Lipinski definition) is 2. The highest BCUT2D eigenvalue weighted by molar-refractivity contribution is 7.89. The highest BCUT2D eigenvalue weighted by Gasteiger charge is 2.19. The van der Waals surface area contributed by atoms with Gasteiger partial charge in [0.25, 0.3) is 5.91 Å². The molecule has 0 aromatic heterocycles. The Kier molecular flexibility index (Phi) is 5.89. The number of anilines is 1. The number of hydrogen-bond acceptors (Lipinski definition) is 5. The van der Waals surface area contributed by atoms with E-state index < -0.39 is 22.0 Å². The molecule has 0 aliphatic heterocycles. The molecule has 0 fully saturated rings. The lowest BCUT2D eigenvalue weighted by molar-refractivity contribution is -0.122. The number of carbonyl (C=O) groups excluding carboxylic acids is 1. The van der Waals surface area contributed by atoms with Gasteiger partial charge in [-0.3, -0.25) is 4.79 Å². The molecule has 0 heterocycles. The van der Waals surface area contributed by atoms with Gasteiger partial charge >= 0.3 is 0 Å². The monoisotopic (exact) mass is 384 g/mol. The maximum Gasteiger partial charge on any atom is 0.265 e. The van der Waals surface area contributed by atoms with Crippen molar-refractivity contribution in [1.29, 1.82) is 0 Å². The van der Waals surface area contributed by atoms with Crippen molar-refractivity contribution in [1.82, 2.24) is 0 Å². The Morgan fingerprint density at radius 3 is 2.48 bits per heavy atom. The third kappa shape index (κ3) is 4.85. The molecule has 0 aliphatic carbocycles. The third-order valence-corrected chi connectivity index (χ3v) is 4.49. The fourth-order valence-corrected chi connectivity index (χ4v) is 2.70. The van der Waals surface area contributed by atoms with Crippen molar-refractivity contribution in [2.24, 2.45) is 5.14 Å². The van der Waals surface area contributed by atoms with Crippen LogP contribution in [0.25, 0.3) is 0 Å². The van der Waals surface area contributed by atoms with Crippen LogP contribution in [-0.2, 0) is 14.8 Å². The highest BCUT2D eigenvalue weighted by atomic mass is 35.5. The molecule has 1 atom stereocenters. The molecule has 134 valence electrons. The first-order valence-corrected chi connectivity index (χ1v) is 9.07. The van der Waals surface area contributed by atoms with Crippen LogP contribution in [0.15, 0.2) is 47.4 Å². The summed E-state index contributed by atoms with van der Waals surface area (Å²) in [6.07, 6.45) is -0.886. The zero-order valence-corrected chi connectivity index (χ0v) is 15.1. The van der Waals surface area contributed by atoms with Crippen LogP contribution in [0.5, 0.6) is 11.5 Å². The Balaban J connectivity index is 2.20. The van der Waals surface area contributed by atoms with Gasteiger partial charge < -0.3 is 14.8 Å². The maximum atomic E-state index is 12.3. The van der Waals surface area contributed by atoms with Gasteiger partial charge in [0.15, 0.2) is 6.10 Å². The molecule has 9 heteroatoms. The zero-order valence-electron chi connectivity index (χ0n) is 13.5. The smallest absolute Gasteiger partial charge is 0.265 e. The fraction of sp³-hybridized carbons (Fsp3) is 0.188. The molecule has 0 saturated heterocycles. The van der Waals surface area contributed by atoms with Crippen LogP contribution in [0.1, 0.15) is 6.92 Å². The summed E-state index contributed by atoms with van der Waals surface area (Å²) in [5, 5.41) is 8.04. The van der Waals surface area contributed by atoms with E-state index in [0.717, 1.165) is 0 Å². The quantitative estimate of drug-likeness (QED) is 0.795. The van der Waals surface area contributed by atoms with Gasteiger partial charge in [-0.2, -0.15) is 0 Å². The first-order valence-electron chi connectivity index (χ1n) is 7.15.